The van der Waals surface area contributed by atoms with Gasteiger partial charge in [-0.1, -0.05) is 80.0 Å². The Morgan fingerprint density at radius 3 is 2.59 bits per heavy atom. The quantitative estimate of drug-likeness (QED) is 0.193. The minimum atomic E-state index is -0.425. The van der Waals surface area contributed by atoms with Crippen molar-refractivity contribution in [3.8, 4) is 0 Å². The maximum absolute atomic E-state index is 13.1. The summed E-state index contributed by atoms with van der Waals surface area (Å²) in [5.41, 5.74) is 2.21. The van der Waals surface area contributed by atoms with Crippen molar-refractivity contribution >= 4 is 52.5 Å². The van der Waals surface area contributed by atoms with Crippen LogP contribution in [0.5, 0.6) is 0 Å². The highest BCUT2D eigenvalue weighted by molar-refractivity contribution is 7.99. The predicted molar refractivity (Wildman–Crippen MR) is 152 cm³/mol. The van der Waals surface area contributed by atoms with E-state index >= 15 is 0 Å². The summed E-state index contributed by atoms with van der Waals surface area (Å²) in [6.07, 6.45) is 3.19. The zero-order valence-corrected chi connectivity index (χ0v) is 23.5. The molecule has 2 N–H and O–H groups in total. The van der Waals surface area contributed by atoms with Gasteiger partial charge in [-0.05, 0) is 48.6 Å². The summed E-state index contributed by atoms with van der Waals surface area (Å²) in [6.45, 7) is 10.5. The molecule has 1 atom stereocenters. The zero-order valence-electron chi connectivity index (χ0n) is 21.1. The van der Waals surface area contributed by atoms with E-state index in [4.69, 9.17) is 23.2 Å². The van der Waals surface area contributed by atoms with Gasteiger partial charge in [0.05, 0.1) is 22.4 Å². The minimum Gasteiger partial charge on any atom is -0.342 e. The monoisotopic (exact) mass is 559 g/mol. The van der Waals surface area contributed by atoms with E-state index in [1.54, 1.807) is 18.2 Å². The molecule has 0 radical (unpaired) electrons. The molecule has 1 aromatic heterocycles. The zero-order chi connectivity index (χ0) is 26.9. The highest BCUT2D eigenvalue weighted by atomic mass is 35.5. The first-order valence-corrected chi connectivity index (χ1v) is 13.8. The topological polar surface area (TPSA) is 88.9 Å². The van der Waals surface area contributed by atoms with Crippen LogP contribution in [0.2, 0.25) is 10.0 Å². The Morgan fingerprint density at radius 2 is 1.92 bits per heavy atom. The normalized spacial score (nSPS) is 11.8. The average Bonchev–Trinajstić information content (AvgIpc) is 3.25. The van der Waals surface area contributed by atoms with Gasteiger partial charge in [0.2, 0.25) is 5.91 Å². The van der Waals surface area contributed by atoms with Gasteiger partial charge in [-0.3, -0.25) is 9.59 Å². The lowest BCUT2D eigenvalue weighted by Gasteiger charge is -2.21. The molecule has 0 aliphatic rings. The number of halogens is 2. The van der Waals surface area contributed by atoms with E-state index < -0.39 is 6.04 Å². The number of aromatic nitrogens is 3. The lowest BCUT2D eigenvalue weighted by Crippen LogP contribution is -2.32. The van der Waals surface area contributed by atoms with Crippen molar-refractivity contribution in [1.29, 1.82) is 0 Å². The molecule has 0 aliphatic carbocycles. The molecule has 0 saturated carbocycles. The number of carbonyl (C=O) groups is 2. The van der Waals surface area contributed by atoms with Crippen LogP contribution in [0.3, 0.4) is 0 Å². The number of nitrogens with one attached hydrogen (secondary N) is 2. The van der Waals surface area contributed by atoms with Crippen molar-refractivity contribution in [3.63, 3.8) is 0 Å². The van der Waals surface area contributed by atoms with Crippen molar-refractivity contribution in [2.24, 2.45) is 5.92 Å². The third-order valence-electron chi connectivity index (χ3n) is 5.56. The van der Waals surface area contributed by atoms with E-state index in [9.17, 15) is 9.59 Å². The van der Waals surface area contributed by atoms with Crippen molar-refractivity contribution < 1.29 is 9.59 Å². The van der Waals surface area contributed by atoms with Crippen molar-refractivity contribution in [2.75, 3.05) is 11.1 Å². The van der Waals surface area contributed by atoms with Crippen LogP contribution in [0.15, 0.2) is 60.3 Å². The lowest BCUT2D eigenvalue weighted by atomic mass is 10.0. The molecule has 196 valence electrons. The summed E-state index contributed by atoms with van der Waals surface area (Å²) in [7, 11) is 0. The second-order valence-electron chi connectivity index (χ2n) is 8.87. The Hall–Kier alpha value is -2.81. The molecule has 0 aliphatic heterocycles. The van der Waals surface area contributed by atoms with Gasteiger partial charge in [0.1, 0.15) is 0 Å². The summed E-state index contributed by atoms with van der Waals surface area (Å²) in [6, 6.07) is 12.1. The molecule has 7 nitrogen and oxygen atoms in total. The lowest BCUT2D eigenvalue weighted by molar-refractivity contribution is -0.113. The SMILES string of the molecule is C=CCn1c(SCC(=O)Nc2ccccc2CC)nnc1[C@H](CC(C)C)NC(=O)c1ccc(Cl)cc1Cl. The van der Waals surface area contributed by atoms with E-state index in [0.717, 1.165) is 17.7 Å². The maximum atomic E-state index is 13.1. The third-order valence-corrected chi connectivity index (χ3v) is 7.08. The molecular weight excluding hydrogens is 529 g/mol. The number of rotatable bonds is 12. The van der Waals surface area contributed by atoms with Crippen molar-refractivity contribution in [2.45, 2.75) is 51.4 Å². The smallest absolute Gasteiger partial charge is 0.253 e. The molecule has 0 spiro atoms. The highest BCUT2D eigenvalue weighted by Gasteiger charge is 2.25. The molecule has 2 amide bonds. The van der Waals surface area contributed by atoms with Crippen LogP contribution in [-0.2, 0) is 17.8 Å². The number of hydrogen-bond acceptors (Lipinski definition) is 5. The van der Waals surface area contributed by atoms with Crippen LogP contribution in [0.4, 0.5) is 5.69 Å². The molecule has 37 heavy (non-hydrogen) atoms. The van der Waals surface area contributed by atoms with Gasteiger partial charge in [-0.25, -0.2) is 0 Å². The highest BCUT2D eigenvalue weighted by Crippen LogP contribution is 2.27. The molecule has 3 aromatic rings. The van der Waals surface area contributed by atoms with Gasteiger partial charge in [-0.15, -0.1) is 16.8 Å². The van der Waals surface area contributed by atoms with E-state index in [2.05, 4.69) is 41.3 Å². The van der Waals surface area contributed by atoms with Gasteiger partial charge in [-0.2, -0.15) is 0 Å². The maximum Gasteiger partial charge on any atom is 0.253 e. The van der Waals surface area contributed by atoms with Crippen LogP contribution in [0.25, 0.3) is 0 Å². The first-order chi connectivity index (χ1) is 17.7. The number of hydrogen-bond donors (Lipinski definition) is 2. The largest absolute Gasteiger partial charge is 0.342 e. The van der Waals surface area contributed by atoms with Gasteiger partial charge in [0.25, 0.3) is 5.91 Å². The number of allylic oxidation sites excluding steroid dienone is 1. The van der Waals surface area contributed by atoms with Gasteiger partial charge in [0.15, 0.2) is 11.0 Å². The fraction of sp³-hybridized carbons (Fsp3) is 0.333. The second kappa shape index (κ2) is 13.7. The molecule has 0 unspecified atom stereocenters. The number of thioether (sulfide) groups is 1. The molecule has 2 aromatic carbocycles. The Morgan fingerprint density at radius 1 is 1.16 bits per heavy atom. The molecule has 3 rings (SSSR count). The van der Waals surface area contributed by atoms with Crippen LogP contribution < -0.4 is 10.6 Å². The molecule has 0 fully saturated rings. The summed E-state index contributed by atoms with van der Waals surface area (Å²) in [5, 5.41) is 16.1. The third kappa shape index (κ3) is 7.84. The summed E-state index contributed by atoms with van der Waals surface area (Å²) >= 11 is 13.5. The van der Waals surface area contributed by atoms with Gasteiger partial charge in [0, 0.05) is 17.3 Å². The Labute approximate surface area is 232 Å². The van der Waals surface area contributed by atoms with E-state index in [1.165, 1.54) is 17.8 Å². The molecule has 0 saturated heterocycles. The second-order valence-corrected chi connectivity index (χ2v) is 10.7. The Bertz CT molecular complexity index is 1260. The fourth-order valence-electron chi connectivity index (χ4n) is 3.84. The van der Waals surface area contributed by atoms with Crippen molar-refractivity contribution in [3.05, 3.63) is 82.1 Å². The van der Waals surface area contributed by atoms with E-state index in [0.29, 0.717) is 34.5 Å². The fourth-order valence-corrected chi connectivity index (χ4v) is 5.09. The summed E-state index contributed by atoms with van der Waals surface area (Å²) < 4.78 is 1.88. The number of benzene rings is 2. The first-order valence-electron chi connectivity index (χ1n) is 12.0. The molecular formula is C27H31Cl2N5O2S. The number of anilines is 1. The van der Waals surface area contributed by atoms with Crippen LogP contribution >= 0.6 is 35.0 Å². The van der Waals surface area contributed by atoms with Gasteiger partial charge < -0.3 is 15.2 Å². The number of amides is 2. The van der Waals surface area contributed by atoms with Crippen LogP contribution in [0, 0.1) is 5.92 Å². The Kier molecular flexibility index (Phi) is 10.6. The van der Waals surface area contributed by atoms with E-state index in [1.807, 2.05) is 35.8 Å². The van der Waals surface area contributed by atoms with Crippen molar-refractivity contribution in [1.82, 2.24) is 20.1 Å². The Balaban J connectivity index is 1.79. The summed E-state index contributed by atoms with van der Waals surface area (Å²) in [4.78, 5) is 25.8. The predicted octanol–water partition coefficient (Wildman–Crippen LogP) is 6.58. The standard InChI is InChI=1S/C27H31Cl2N5O2S/c1-5-13-34-25(23(14-17(3)4)31-26(36)20-12-11-19(28)15-21(20)29)32-33-27(34)37-16-24(35)30-22-10-8-7-9-18(22)6-2/h5,7-12,15,17,23H,1,6,13-14,16H2,2-4H3,(H,30,35)(H,31,36)/t23-/m0/s1. The summed E-state index contributed by atoms with van der Waals surface area (Å²) in [5.74, 6) is 0.551. The van der Waals surface area contributed by atoms with Crippen LogP contribution in [0.1, 0.15) is 55.0 Å². The number of nitrogens with zero attached hydrogens (tertiary/aromatic N) is 3. The molecule has 10 heteroatoms. The number of para-hydroxylation sites is 1. The van der Waals surface area contributed by atoms with Crippen LogP contribution in [-0.4, -0.2) is 32.3 Å². The van der Waals surface area contributed by atoms with Gasteiger partial charge >= 0.3 is 0 Å². The average molecular weight is 561 g/mol. The first kappa shape index (κ1) is 28.8. The number of carbonyl (C=O) groups excluding carboxylic acids is 2. The number of aryl methyl sites for hydroxylation is 1. The molecule has 0 bridgehead atoms. The minimum absolute atomic E-state index is 0.134. The molecule has 1 heterocycles. The van der Waals surface area contributed by atoms with E-state index in [-0.39, 0.29) is 28.5 Å².